The van der Waals surface area contributed by atoms with Gasteiger partial charge >= 0.3 is 0 Å². The summed E-state index contributed by atoms with van der Waals surface area (Å²) < 4.78 is 27.7. The van der Waals surface area contributed by atoms with Crippen molar-refractivity contribution in [2.24, 2.45) is 0 Å². The van der Waals surface area contributed by atoms with Crippen molar-refractivity contribution in [3.63, 3.8) is 0 Å². The maximum Gasteiger partial charge on any atom is 0.260 e. The smallest absolute Gasteiger partial charge is 0.260 e. The van der Waals surface area contributed by atoms with Gasteiger partial charge in [-0.15, -0.1) is 11.3 Å². The highest BCUT2D eigenvalue weighted by Gasteiger charge is 2.24. The number of anilines is 1. The minimum absolute atomic E-state index is 0.0255. The van der Waals surface area contributed by atoms with Gasteiger partial charge < -0.3 is 5.32 Å². The fourth-order valence-electron chi connectivity index (χ4n) is 1.87. The maximum absolute atomic E-state index is 12.5. The first-order valence-electron chi connectivity index (χ1n) is 6.27. The van der Waals surface area contributed by atoms with Gasteiger partial charge in [-0.3, -0.25) is 0 Å². The Morgan fingerprint density at radius 3 is 2.75 bits per heavy atom. The van der Waals surface area contributed by atoms with Crippen LogP contribution in [0.3, 0.4) is 0 Å². The molecule has 0 aliphatic rings. The van der Waals surface area contributed by atoms with Crippen LogP contribution in [0.5, 0.6) is 0 Å². The van der Waals surface area contributed by atoms with Crippen molar-refractivity contribution in [1.29, 1.82) is 0 Å². The second kappa shape index (κ2) is 6.34. The quantitative estimate of drug-likeness (QED) is 0.860. The second-order valence-electron chi connectivity index (χ2n) is 4.20. The van der Waals surface area contributed by atoms with Crippen LogP contribution in [-0.2, 0) is 10.0 Å². The molecule has 108 valence electrons. The van der Waals surface area contributed by atoms with Crippen molar-refractivity contribution in [2.75, 3.05) is 12.4 Å². The van der Waals surface area contributed by atoms with E-state index in [1.807, 2.05) is 24.4 Å². The van der Waals surface area contributed by atoms with Crippen LogP contribution in [0.4, 0.5) is 5.69 Å². The number of nitrogens with one attached hydrogen (secondary N) is 2. The summed E-state index contributed by atoms with van der Waals surface area (Å²) in [5.41, 5.74) is 0.487. The summed E-state index contributed by atoms with van der Waals surface area (Å²) in [6.07, 6.45) is 2.16. The van der Waals surface area contributed by atoms with E-state index in [4.69, 9.17) is 0 Å². The van der Waals surface area contributed by atoms with Crippen LogP contribution in [0.25, 0.3) is 0 Å². The zero-order valence-electron chi connectivity index (χ0n) is 11.3. The van der Waals surface area contributed by atoms with E-state index >= 15 is 0 Å². The highest BCUT2D eigenvalue weighted by Crippen LogP contribution is 2.25. The van der Waals surface area contributed by atoms with Gasteiger partial charge in [0.25, 0.3) is 10.0 Å². The van der Waals surface area contributed by atoms with E-state index in [2.05, 4.69) is 15.0 Å². The van der Waals surface area contributed by atoms with Crippen LogP contribution >= 0.6 is 11.3 Å². The second-order valence-corrected chi connectivity index (χ2v) is 6.81. The van der Waals surface area contributed by atoms with Crippen molar-refractivity contribution in [1.82, 2.24) is 9.71 Å². The molecule has 7 heteroatoms. The van der Waals surface area contributed by atoms with E-state index in [1.165, 1.54) is 17.5 Å². The van der Waals surface area contributed by atoms with E-state index in [1.54, 1.807) is 19.2 Å². The Balaban J connectivity index is 2.31. The predicted octanol–water partition coefficient (Wildman–Crippen LogP) is 2.61. The summed E-state index contributed by atoms with van der Waals surface area (Å²) in [6, 6.07) is 7.00. The van der Waals surface area contributed by atoms with Gasteiger partial charge in [0.15, 0.2) is 5.03 Å². The van der Waals surface area contributed by atoms with Crippen LogP contribution < -0.4 is 10.0 Å². The van der Waals surface area contributed by atoms with Crippen molar-refractivity contribution in [2.45, 2.75) is 24.4 Å². The first kappa shape index (κ1) is 15.0. The molecule has 0 amide bonds. The van der Waals surface area contributed by atoms with E-state index in [9.17, 15) is 8.42 Å². The molecule has 0 bridgehead atoms. The van der Waals surface area contributed by atoms with Gasteiger partial charge in [-0.1, -0.05) is 13.0 Å². The molecule has 1 unspecified atom stereocenters. The van der Waals surface area contributed by atoms with E-state index in [0.717, 1.165) is 4.88 Å². The molecule has 2 N–H and O–H groups in total. The summed E-state index contributed by atoms with van der Waals surface area (Å²) in [4.78, 5) is 4.98. The molecule has 0 aromatic carbocycles. The predicted molar refractivity (Wildman–Crippen MR) is 81.5 cm³/mol. The van der Waals surface area contributed by atoms with Crippen molar-refractivity contribution in [3.8, 4) is 0 Å². The van der Waals surface area contributed by atoms with Gasteiger partial charge in [-0.25, -0.2) is 18.1 Å². The number of rotatable bonds is 6. The highest BCUT2D eigenvalue weighted by molar-refractivity contribution is 7.89. The first-order chi connectivity index (χ1) is 9.58. The van der Waals surface area contributed by atoms with E-state index < -0.39 is 10.0 Å². The maximum atomic E-state index is 12.5. The Labute approximate surface area is 123 Å². The highest BCUT2D eigenvalue weighted by atomic mass is 32.2. The van der Waals surface area contributed by atoms with Crippen molar-refractivity contribution < 1.29 is 8.42 Å². The third-order valence-corrected chi connectivity index (χ3v) is 5.30. The lowest BCUT2D eigenvalue weighted by Gasteiger charge is -2.16. The summed E-state index contributed by atoms with van der Waals surface area (Å²) in [6.45, 7) is 1.95. The lowest BCUT2D eigenvalue weighted by Crippen LogP contribution is -2.29. The van der Waals surface area contributed by atoms with Crippen molar-refractivity contribution in [3.05, 3.63) is 40.7 Å². The average Bonchev–Trinajstić information content (AvgIpc) is 2.98. The molecule has 2 rings (SSSR count). The SMILES string of the molecule is CCC(NS(=O)(=O)c1ncccc1NC)c1cccs1. The van der Waals surface area contributed by atoms with Gasteiger partial charge in [0.05, 0.1) is 11.7 Å². The molecule has 0 fully saturated rings. The van der Waals surface area contributed by atoms with Crippen molar-refractivity contribution >= 4 is 27.0 Å². The molecule has 0 radical (unpaired) electrons. The molecular formula is C13H17N3O2S2. The van der Waals surface area contributed by atoms with E-state index in [-0.39, 0.29) is 11.1 Å². The van der Waals surface area contributed by atoms with Gasteiger partial charge in [0, 0.05) is 18.1 Å². The monoisotopic (exact) mass is 311 g/mol. The minimum atomic E-state index is -3.66. The molecule has 2 aromatic rings. The third-order valence-electron chi connectivity index (χ3n) is 2.89. The van der Waals surface area contributed by atoms with E-state index in [0.29, 0.717) is 12.1 Å². The fraction of sp³-hybridized carbons (Fsp3) is 0.308. The topological polar surface area (TPSA) is 71.1 Å². The third kappa shape index (κ3) is 3.17. The Morgan fingerprint density at radius 1 is 1.35 bits per heavy atom. The lowest BCUT2D eigenvalue weighted by molar-refractivity contribution is 0.550. The van der Waals surface area contributed by atoms with Crippen LogP contribution in [0.1, 0.15) is 24.3 Å². The molecule has 2 aromatic heterocycles. The molecule has 0 saturated heterocycles. The fourth-order valence-corrected chi connectivity index (χ4v) is 4.25. The number of hydrogen-bond donors (Lipinski definition) is 2. The number of sulfonamides is 1. The number of hydrogen-bond acceptors (Lipinski definition) is 5. The number of pyridine rings is 1. The standard InChI is InChI=1S/C13H17N3O2S2/c1-3-10(12-7-5-9-19-12)16-20(17,18)13-11(14-2)6-4-8-15-13/h4-10,14,16H,3H2,1-2H3. The summed E-state index contributed by atoms with van der Waals surface area (Å²) >= 11 is 1.54. The largest absolute Gasteiger partial charge is 0.386 e. The van der Waals surface area contributed by atoms with Gasteiger partial charge in [-0.05, 0) is 30.0 Å². The van der Waals surface area contributed by atoms with Gasteiger partial charge in [0.2, 0.25) is 0 Å². The molecule has 1 atom stereocenters. The lowest BCUT2D eigenvalue weighted by atomic mass is 10.2. The molecule has 0 aliphatic heterocycles. The van der Waals surface area contributed by atoms with Gasteiger partial charge in [0.1, 0.15) is 0 Å². The van der Waals surface area contributed by atoms with Crippen LogP contribution in [0.2, 0.25) is 0 Å². The summed E-state index contributed by atoms with van der Waals surface area (Å²) in [5.74, 6) is 0. The summed E-state index contributed by atoms with van der Waals surface area (Å²) in [5, 5.41) is 4.81. The molecule has 20 heavy (non-hydrogen) atoms. The average molecular weight is 311 g/mol. The normalized spacial score (nSPS) is 13.1. The molecule has 2 heterocycles. The van der Waals surface area contributed by atoms with Gasteiger partial charge in [-0.2, -0.15) is 0 Å². The summed E-state index contributed by atoms with van der Waals surface area (Å²) in [7, 11) is -1.98. The Bertz CT molecular complexity index is 654. The molecular weight excluding hydrogens is 294 g/mol. The number of thiophene rings is 1. The van der Waals surface area contributed by atoms with Crippen LogP contribution in [0.15, 0.2) is 40.9 Å². The zero-order chi connectivity index (χ0) is 14.6. The number of aromatic nitrogens is 1. The Kier molecular flexibility index (Phi) is 4.74. The zero-order valence-corrected chi connectivity index (χ0v) is 13.0. The molecule has 0 aliphatic carbocycles. The van der Waals surface area contributed by atoms with Crippen LogP contribution in [0, 0.1) is 0 Å². The van der Waals surface area contributed by atoms with Crippen LogP contribution in [-0.4, -0.2) is 20.4 Å². The molecule has 0 saturated carbocycles. The Morgan fingerprint density at radius 2 is 2.15 bits per heavy atom. The molecule has 0 spiro atoms. The Hall–Kier alpha value is -1.44. The molecule has 5 nitrogen and oxygen atoms in total. The number of nitrogens with zero attached hydrogens (tertiary/aromatic N) is 1. The minimum Gasteiger partial charge on any atom is -0.386 e. The first-order valence-corrected chi connectivity index (χ1v) is 8.63.